The first kappa shape index (κ1) is 14.0. The minimum absolute atomic E-state index is 0.0251. The molecule has 0 aromatic heterocycles. The highest BCUT2D eigenvalue weighted by Gasteiger charge is 2.43. The van der Waals surface area contributed by atoms with Gasteiger partial charge in [0.25, 0.3) is 0 Å². The third-order valence-corrected chi connectivity index (χ3v) is 4.83. The first-order valence-electron chi connectivity index (χ1n) is 6.80. The number of piperidine rings is 1. The van der Waals surface area contributed by atoms with Crippen LogP contribution in [0.4, 0.5) is 4.79 Å². The fourth-order valence-corrected chi connectivity index (χ4v) is 3.49. The highest BCUT2D eigenvalue weighted by molar-refractivity contribution is 6.36. The summed E-state index contributed by atoms with van der Waals surface area (Å²) in [5.41, 5.74) is 0.729. The van der Waals surface area contributed by atoms with E-state index in [4.69, 9.17) is 23.2 Å². The first-order valence-corrected chi connectivity index (χ1v) is 7.56. The summed E-state index contributed by atoms with van der Waals surface area (Å²) in [5, 5.41) is 7.68. The SMILES string of the molecule is O=C1NC2(CCNCC2)CN1Cc1c(Cl)cccc1Cl. The van der Waals surface area contributed by atoms with Crippen LogP contribution in [0.3, 0.4) is 0 Å². The molecule has 3 rings (SSSR count). The maximum atomic E-state index is 12.2. The van der Waals surface area contributed by atoms with Gasteiger partial charge in [-0.3, -0.25) is 0 Å². The van der Waals surface area contributed by atoms with Gasteiger partial charge >= 0.3 is 6.03 Å². The van der Waals surface area contributed by atoms with Crippen molar-refractivity contribution in [2.24, 2.45) is 0 Å². The molecule has 2 heterocycles. The second-order valence-corrected chi connectivity index (χ2v) is 6.33. The molecule has 2 aliphatic heterocycles. The van der Waals surface area contributed by atoms with Crippen molar-refractivity contribution in [3.8, 4) is 0 Å². The minimum Gasteiger partial charge on any atom is -0.331 e. The maximum Gasteiger partial charge on any atom is 0.318 e. The maximum absolute atomic E-state index is 12.2. The topological polar surface area (TPSA) is 44.4 Å². The van der Waals surface area contributed by atoms with E-state index in [0.717, 1.165) is 38.0 Å². The fourth-order valence-electron chi connectivity index (χ4n) is 2.97. The van der Waals surface area contributed by atoms with Crippen molar-refractivity contribution >= 4 is 29.2 Å². The molecule has 2 N–H and O–H groups in total. The molecule has 2 amide bonds. The fraction of sp³-hybridized carbons (Fsp3) is 0.500. The smallest absolute Gasteiger partial charge is 0.318 e. The van der Waals surface area contributed by atoms with Gasteiger partial charge in [0, 0.05) is 22.2 Å². The Kier molecular flexibility index (Phi) is 3.80. The Hall–Kier alpha value is -0.970. The van der Waals surface area contributed by atoms with Crippen molar-refractivity contribution in [2.45, 2.75) is 24.9 Å². The van der Waals surface area contributed by atoms with Crippen molar-refractivity contribution in [1.29, 1.82) is 0 Å². The lowest BCUT2D eigenvalue weighted by Gasteiger charge is -2.33. The standard InChI is InChI=1S/C14H17Cl2N3O/c15-11-2-1-3-12(16)10(11)8-19-9-14(18-13(19)20)4-6-17-7-5-14/h1-3,17H,4-9H2,(H,18,20). The molecule has 0 unspecified atom stereocenters. The molecule has 0 aliphatic carbocycles. The molecule has 0 radical (unpaired) electrons. The summed E-state index contributed by atoms with van der Waals surface area (Å²) in [6, 6.07) is 5.39. The molecule has 4 nitrogen and oxygen atoms in total. The zero-order valence-electron chi connectivity index (χ0n) is 11.1. The van der Waals surface area contributed by atoms with Crippen LogP contribution in [0.25, 0.3) is 0 Å². The minimum atomic E-state index is -0.0872. The van der Waals surface area contributed by atoms with Gasteiger partial charge in [0.2, 0.25) is 0 Å². The predicted octanol–water partition coefficient (Wildman–Crippen LogP) is 2.64. The summed E-state index contributed by atoms with van der Waals surface area (Å²) in [7, 11) is 0. The molecule has 1 aromatic carbocycles. The summed E-state index contributed by atoms with van der Waals surface area (Å²) < 4.78 is 0. The molecule has 2 aliphatic rings. The predicted molar refractivity (Wildman–Crippen MR) is 80.2 cm³/mol. The third-order valence-electron chi connectivity index (χ3n) is 4.12. The quantitative estimate of drug-likeness (QED) is 0.881. The molecule has 2 saturated heterocycles. The molecule has 6 heteroatoms. The van der Waals surface area contributed by atoms with E-state index >= 15 is 0 Å². The van der Waals surface area contributed by atoms with Gasteiger partial charge in [-0.05, 0) is 38.1 Å². The summed E-state index contributed by atoms with van der Waals surface area (Å²) >= 11 is 12.4. The largest absolute Gasteiger partial charge is 0.331 e. The van der Waals surface area contributed by atoms with Crippen molar-refractivity contribution in [1.82, 2.24) is 15.5 Å². The molecule has 0 bridgehead atoms. The lowest BCUT2D eigenvalue weighted by Crippen LogP contribution is -2.51. The molecule has 0 saturated carbocycles. The van der Waals surface area contributed by atoms with Gasteiger partial charge in [0.05, 0.1) is 12.1 Å². The van der Waals surface area contributed by atoms with E-state index < -0.39 is 0 Å². The van der Waals surface area contributed by atoms with Crippen molar-refractivity contribution in [2.75, 3.05) is 19.6 Å². The lowest BCUT2D eigenvalue weighted by atomic mass is 9.89. The molecular formula is C14H17Cl2N3O. The number of halogens is 2. The van der Waals surface area contributed by atoms with Gasteiger partial charge in [0.15, 0.2) is 0 Å². The van der Waals surface area contributed by atoms with Gasteiger partial charge in [0.1, 0.15) is 0 Å². The first-order chi connectivity index (χ1) is 9.60. The Morgan fingerprint density at radius 2 is 1.85 bits per heavy atom. The van der Waals surface area contributed by atoms with Crippen LogP contribution in [0.1, 0.15) is 18.4 Å². The van der Waals surface area contributed by atoms with Crippen LogP contribution in [0.2, 0.25) is 10.0 Å². The lowest BCUT2D eigenvalue weighted by molar-refractivity contribution is 0.215. The summed E-state index contributed by atoms with van der Waals surface area (Å²) in [5.74, 6) is 0. The van der Waals surface area contributed by atoms with Crippen molar-refractivity contribution in [3.63, 3.8) is 0 Å². The summed E-state index contributed by atoms with van der Waals surface area (Å²) in [4.78, 5) is 14.0. The molecular weight excluding hydrogens is 297 g/mol. The van der Waals surface area contributed by atoms with Gasteiger partial charge in [-0.2, -0.15) is 0 Å². The van der Waals surface area contributed by atoms with E-state index in [1.165, 1.54) is 0 Å². The van der Waals surface area contributed by atoms with E-state index in [1.54, 1.807) is 17.0 Å². The number of nitrogens with one attached hydrogen (secondary N) is 2. The molecule has 0 atom stereocenters. The highest BCUT2D eigenvalue weighted by atomic mass is 35.5. The number of rotatable bonds is 2. The number of urea groups is 1. The van der Waals surface area contributed by atoms with Crippen LogP contribution in [-0.2, 0) is 6.54 Å². The van der Waals surface area contributed by atoms with E-state index in [2.05, 4.69) is 10.6 Å². The highest BCUT2D eigenvalue weighted by Crippen LogP contribution is 2.30. The van der Waals surface area contributed by atoms with Crippen LogP contribution >= 0.6 is 23.2 Å². The number of nitrogens with zero attached hydrogens (tertiary/aromatic N) is 1. The Balaban J connectivity index is 1.77. The number of benzene rings is 1. The van der Waals surface area contributed by atoms with Crippen LogP contribution in [-0.4, -0.2) is 36.1 Å². The number of hydrogen-bond acceptors (Lipinski definition) is 2. The number of hydrogen-bond donors (Lipinski definition) is 2. The zero-order chi connectivity index (χ0) is 14.2. The molecule has 108 valence electrons. The van der Waals surface area contributed by atoms with Gasteiger partial charge in [-0.15, -0.1) is 0 Å². The van der Waals surface area contributed by atoms with E-state index in [1.807, 2.05) is 6.07 Å². The Morgan fingerprint density at radius 1 is 1.20 bits per heavy atom. The van der Waals surface area contributed by atoms with E-state index in [-0.39, 0.29) is 11.6 Å². The summed E-state index contributed by atoms with van der Waals surface area (Å²) in [6.07, 6.45) is 1.93. The zero-order valence-corrected chi connectivity index (χ0v) is 12.6. The second kappa shape index (κ2) is 5.43. The van der Waals surface area contributed by atoms with Crippen LogP contribution < -0.4 is 10.6 Å². The van der Waals surface area contributed by atoms with Crippen molar-refractivity contribution < 1.29 is 4.79 Å². The van der Waals surface area contributed by atoms with E-state index in [9.17, 15) is 4.79 Å². The average molecular weight is 314 g/mol. The summed E-state index contributed by atoms with van der Waals surface area (Å²) in [6.45, 7) is 3.07. The van der Waals surface area contributed by atoms with E-state index in [0.29, 0.717) is 16.6 Å². The number of amides is 2. The van der Waals surface area contributed by atoms with Crippen LogP contribution in [0.5, 0.6) is 0 Å². The average Bonchev–Trinajstić information content (AvgIpc) is 2.71. The molecule has 20 heavy (non-hydrogen) atoms. The Bertz CT molecular complexity index is 509. The monoisotopic (exact) mass is 313 g/mol. The molecule has 1 aromatic rings. The second-order valence-electron chi connectivity index (χ2n) is 5.52. The number of carbonyl (C=O) groups is 1. The van der Waals surface area contributed by atoms with Gasteiger partial charge in [-0.1, -0.05) is 29.3 Å². The Labute approximate surface area is 128 Å². The molecule has 2 fully saturated rings. The molecule has 1 spiro atoms. The van der Waals surface area contributed by atoms with Gasteiger partial charge in [-0.25, -0.2) is 4.79 Å². The van der Waals surface area contributed by atoms with Crippen molar-refractivity contribution in [3.05, 3.63) is 33.8 Å². The van der Waals surface area contributed by atoms with Gasteiger partial charge < -0.3 is 15.5 Å². The number of carbonyl (C=O) groups excluding carboxylic acids is 1. The third kappa shape index (κ3) is 2.60. The van der Waals surface area contributed by atoms with Crippen LogP contribution in [0, 0.1) is 0 Å². The normalized spacial score (nSPS) is 21.3. The van der Waals surface area contributed by atoms with Crippen LogP contribution in [0.15, 0.2) is 18.2 Å². The Morgan fingerprint density at radius 3 is 2.50 bits per heavy atom.